The Morgan fingerprint density at radius 1 is 0.706 bits per heavy atom. The standard InChI is InChI=1S/C16H35N/c1-4-6-7-8-9-10-11-12-14-16(3,15-17)13-5-2/h4-15,17H2,1-3H3. The van der Waals surface area contributed by atoms with Gasteiger partial charge in [0.2, 0.25) is 0 Å². The molecule has 1 unspecified atom stereocenters. The summed E-state index contributed by atoms with van der Waals surface area (Å²) in [4.78, 5) is 0. The lowest BCUT2D eigenvalue weighted by Crippen LogP contribution is -2.26. The fraction of sp³-hybridized carbons (Fsp3) is 1.00. The average molecular weight is 241 g/mol. The molecule has 1 nitrogen and oxygen atoms in total. The maximum Gasteiger partial charge on any atom is -0.00232 e. The second-order valence-electron chi connectivity index (χ2n) is 5.99. The number of unbranched alkanes of at least 4 members (excludes halogenated alkanes) is 7. The van der Waals surface area contributed by atoms with E-state index in [0.717, 1.165) is 6.54 Å². The largest absolute Gasteiger partial charge is 0.330 e. The van der Waals surface area contributed by atoms with Crippen LogP contribution in [0, 0.1) is 5.41 Å². The first kappa shape index (κ1) is 17.0. The Morgan fingerprint density at radius 2 is 1.24 bits per heavy atom. The normalized spacial score (nSPS) is 14.8. The van der Waals surface area contributed by atoms with E-state index in [-0.39, 0.29) is 0 Å². The third-order valence-corrected chi connectivity index (χ3v) is 3.98. The molecule has 17 heavy (non-hydrogen) atoms. The smallest absolute Gasteiger partial charge is 0.00232 e. The van der Waals surface area contributed by atoms with Crippen LogP contribution < -0.4 is 5.73 Å². The van der Waals surface area contributed by atoms with Crippen LogP contribution in [0.25, 0.3) is 0 Å². The maximum absolute atomic E-state index is 5.89. The molecule has 0 aliphatic carbocycles. The monoisotopic (exact) mass is 241 g/mol. The maximum atomic E-state index is 5.89. The summed E-state index contributed by atoms with van der Waals surface area (Å²) in [6.45, 7) is 7.76. The quantitative estimate of drug-likeness (QED) is 0.462. The Balaban J connectivity index is 3.37. The summed E-state index contributed by atoms with van der Waals surface area (Å²) in [5, 5.41) is 0. The lowest BCUT2D eigenvalue weighted by Gasteiger charge is -2.27. The molecule has 0 heterocycles. The second-order valence-corrected chi connectivity index (χ2v) is 5.99. The summed E-state index contributed by atoms with van der Waals surface area (Å²) in [6.07, 6.45) is 15.2. The number of hydrogen-bond donors (Lipinski definition) is 1. The summed E-state index contributed by atoms with van der Waals surface area (Å²) >= 11 is 0. The first-order chi connectivity index (χ1) is 8.18. The molecule has 0 aromatic rings. The lowest BCUT2D eigenvalue weighted by atomic mass is 9.80. The van der Waals surface area contributed by atoms with E-state index in [1.165, 1.54) is 70.6 Å². The van der Waals surface area contributed by atoms with Gasteiger partial charge in [0.15, 0.2) is 0 Å². The van der Waals surface area contributed by atoms with Crippen molar-refractivity contribution in [3.63, 3.8) is 0 Å². The fourth-order valence-corrected chi connectivity index (χ4v) is 2.62. The van der Waals surface area contributed by atoms with Gasteiger partial charge in [0.25, 0.3) is 0 Å². The van der Waals surface area contributed by atoms with Crippen LogP contribution in [-0.2, 0) is 0 Å². The zero-order chi connectivity index (χ0) is 13.0. The zero-order valence-electron chi connectivity index (χ0n) is 12.6. The van der Waals surface area contributed by atoms with Crippen molar-refractivity contribution >= 4 is 0 Å². The summed E-state index contributed by atoms with van der Waals surface area (Å²) < 4.78 is 0. The molecular weight excluding hydrogens is 206 g/mol. The van der Waals surface area contributed by atoms with Crippen LogP contribution >= 0.6 is 0 Å². The summed E-state index contributed by atoms with van der Waals surface area (Å²) in [5.41, 5.74) is 6.30. The Bertz CT molecular complexity index is 156. The number of nitrogens with two attached hydrogens (primary N) is 1. The minimum Gasteiger partial charge on any atom is -0.330 e. The highest BCUT2D eigenvalue weighted by atomic mass is 14.6. The van der Waals surface area contributed by atoms with Crippen LogP contribution in [-0.4, -0.2) is 6.54 Å². The molecule has 0 bridgehead atoms. The van der Waals surface area contributed by atoms with Gasteiger partial charge in [0.05, 0.1) is 0 Å². The predicted molar refractivity (Wildman–Crippen MR) is 79.3 cm³/mol. The van der Waals surface area contributed by atoms with Crippen molar-refractivity contribution in [1.29, 1.82) is 0 Å². The summed E-state index contributed by atoms with van der Waals surface area (Å²) in [5.74, 6) is 0. The summed E-state index contributed by atoms with van der Waals surface area (Å²) in [6, 6.07) is 0. The molecule has 0 fully saturated rings. The van der Waals surface area contributed by atoms with Gasteiger partial charge in [0.1, 0.15) is 0 Å². The van der Waals surface area contributed by atoms with Crippen molar-refractivity contribution < 1.29 is 0 Å². The topological polar surface area (TPSA) is 26.0 Å². The van der Waals surface area contributed by atoms with Gasteiger partial charge in [-0.3, -0.25) is 0 Å². The first-order valence-electron chi connectivity index (χ1n) is 7.88. The molecule has 0 radical (unpaired) electrons. The molecule has 104 valence electrons. The Hall–Kier alpha value is -0.0400. The van der Waals surface area contributed by atoms with Gasteiger partial charge in [-0.25, -0.2) is 0 Å². The van der Waals surface area contributed by atoms with E-state index in [9.17, 15) is 0 Å². The second kappa shape index (κ2) is 11.1. The minimum absolute atomic E-state index is 0.414. The van der Waals surface area contributed by atoms with E-state index in [2.05, 4.69) is 20.8 Å². The molecule has 0 rings (SSSR count). The Morgan fingerprint density at radius 3 is 1.71 bits per heavy atom. The molecule has 2 N–H and O–H groups in total. The first-order valence-corrected chi connectivity index (χ1v) is 7.88. The highest BCUT2D eigenvalue weighted by Gasteiger charge is 2.20. The van der Waals surface area contributed by atoms with Gasteiger partial charge in [-0.1, -0.05) is 78.6 Å². The molecular formula is C16H35N. The minimum atomic E-state index is 0.414. The van der Waals surface area contributed by atoms with Crippen LogP contribution in [0.2, 0.25) is 0 Å². The van der Waals surface area contributed by atoms with Crippen LogP contribution in [0.4, 0.5) is 0 Å². The van der Waals surface area contributed by atoms with Gasteiger partial charge in [-0.05, 0) is 24.8 Å². The van der Waals surface area contributed by atoms with Crippen LogP contribution in [0.1, 0.15) is 91.4 Å². The zero-order valence-corrected chi connectivity index (χ0v) is 12.6. The molecule has 0 saturated heterocycles. The van der Waals surface area contributed by atoms with Crippen molar-refractivity contribution in [3.8, 4) is 0 Å². The molecule has 0 aliphatic heterocycles. The number of hydrogen-bond acceptors (Lipinski definition) is 1. The highest BCUT2D eigenvalue weighted by molar-refractivity contribution is 4.74. The SMILES string of the molecule is CCCCCCCCCCC(C)(CN)CCC. The molecule has 0 saturated carbocycles. The third kappa shape index (κ3) is 9.64. The van der Waals surface area contributed by atoms with E-state index in [1.54, 1.807) is 0 Å². The molecule has 0 aromatic carbocycles. The lowest BCUT2D eigenvalue weighted by molar-refractivity contribution is 0.269. The summed E-state index contributed by atoms with van der Waals surface area (Å²) in [7, 11) is 0. The average Bonchev–Trinajstić information content (AvgIpc) is 2.33. The van der Waals surface area contributed by atoms with E-state index in [4.69, 9.17) is 5.73 Å². The van der Waals surface area contributed by atoms with Gasteiger partial charge < -0.3 is 5.73 Å². The molecule has 0 amide bonds. The van der Waals surface area contributed by atoms with Crippen molar-refractivity contribution in [2.75, 3.05) is 6.54 Å². The highest BCUT2D eigenvalue weighted by Crippen LogP contribution is 2.28. The van der Waals surface area contributed by atoms with Gasteiger partial charge in [0, 0.05) is 0 Å². The molecule has 0 spiro atoms. The van der Waals surface area contributed by atoms with Crippen molar-refractivity contribution in [3.05, 3.63) is 0 Å². The van der Waals surface area contributed by atoms with Gasteiger partial charge >= 0.3 is 0 Å². The predicted octanol–water partition coefficient (Wildman–Crippen LogP) is 5.28. The van der Waals surface area contributed by atoms with Gasteiger partial charge in [-0.2, -0.15) is 0 Å². The van der Waals surface area contributed by atoms with Crippen molar-refractivity contribution in [2.45, 2.75) is 91.4 Å². The van der Waals surface area contributed by atoms with E-state index >= 15 is 0 Å². The fourth-order valence-electron chi connectivity index (χ4n) is 2.62. The van der Waals surface area contributed by atoms with E-state index < -0.39 is 0 Å². The van der Waals surface area contributed by atoms with Crippen molar-refractivity contribution in [2.24, 2.45) is 11.1 Å². The van der Waals surface area contributed by atoms with Crippen molar-refractivity contribution in [1.82, 2.24) is 0 Å². The van der Waals surface area contributed by atoms with Gasteiger partial charge in [-0.15, -0.1) is 0 Å². The molecule has 1 atom stereocenters. The Kier molecular flexibility index (Phi) is 11.0. The van der Waals surface area contributed by atoms with Crippen LogP contribution in [0.5, 0.6) is 0 Å². The molecule has 0 aliphatic rings. The van der Waals surface area contributed by atoms with E-state index in [0.29, 0.717) is 5.41 Å². The molecule has 1 heteroatoms. The van der Waals surface area contributed by atoms with Crippen LogP contribution in [0.3, 0.4) is 0 Å². The molecule has 0 aromatic heterocycles. The number of rotatable bonds is 12. The third-order valence-electron chi connectivity index (χ3n) is 3.98. The van der Waals surface area contributed by atoms with E-state index in [1.807, 2.05) is 0 Å². The Labute approximate surface area is 110 Å². The van der Waals surface area contributed by atoms with Crippen LogP contribution in [0.15, 0.2) is 0 Å².